The lowest BCUT2D eigenvalue weighted by Crippen LogP contribution is -2.52. The number of benzene rings is 2. The summed E-state index contributed by atoms with van der Waals surface area (Å²) in [6, 6.07) is 10.5. The summed E-state index contributed by atoms with van der Waals surface area (Å²) >= 11 is 0. The highest BCUT2D eigenvalue weighted by Gasteiger charge is 2.31. The SMILES string of the molecule is CO[C@@H]1CN(C)C(=O)c2cc(NS(=O)(=O)c3ccc(C)cc3)ccc2OC[C@H](C)N(C(=O)NC(C)C)C[C@@H]1C. The van der Waals surface area contributed by atoms with Gasteiger partial charge in [-0.1, -0.05) is 24.6 Å². The van der Waals surface area contributed by atoms with Gasteiger partial charge in [0, 0.05) is 44.9 Å². The van der Waals surface area contributed by atoms with Crippen LogP contribution in [-0.4, -0.2) is 82.2 Å². The zero-order valence-corrected chi connectivity index (χ0v) is 24.5. The molecule has 1 heterocycles. The fourth-order valence-electron chi connectivity index (χ4n) is 4.38. The number of fused-ring (bicyclic) bond motifs is 1. The van der Waals surface area contributed by atoms with Gasteiger partial charge >= 0.3 is 6.03 Å². The topological polar surface area (TPSA) is 117 Å². The molecule has 3 amide bonds. The Morgan fingerprint density at radius 2 is 1.77 bits per heavy atom. The first-order valence-corrected chi connectivity index (χ1v) is 14.5. The lowest BCUT2D eigenvalue weighted by Gasteiger charge is -2.36. The van der Waals surface area contributed by atoms with E-state index >= 15 is 0 Å². The minimum atomic E-state index is -3.87. The van der Waals surface area contributed by atoms with Gasteiger partial charge in [-0.25, -0.2) is 13.2 Å². The molecule has 1 aliphatic rings. The molecular weight excluding hydrogens is 520 g/mol. The molecule has 0 fully saturated rings. The largest absolute Gasteiger partial charge is 0.491 e. The Morgan fingerprint density at radius 1 is 1.10 bits per heavy atom. The number of carbonyl (C=O) groups is 2. The molecule has 0 saturated carbocycles. The molecule has 11 heteroatoms. The smallest absolute Gasteiger partial charge is 0.317 e. The Morgan fingerprint density at radius 3 is 2.38 bits per heavy atom. The molecule has 0 aliphatic carbocycles. The van der Waals surface area contributed by atoms with Gasteiger partial charge in [0.2, 0.25) is 0 Å². The third-order valence-corrected chi connectivity index (χ3v) is 8.10. The number of sulfonamides is 1. The molecule has 214 valence electrons. The number of aryl methyl sites for hydroxylation is 1. The van der Waals surface area contributed by atoms with Crippen LogP contribution in [-0.2, 0) is 14.8 Å². The molecule has 0 bridgehead atoms. The van der Waals surface area contributed by atoms with Crippen LogP contribution < -0.4 is 14.8 Å². The van der Waals surface area contributed by atoms with Crippen molar-refractivity contribution in [2.75, 3.05) is 38.6 Å². The predicted molar refractivity (Wildman–Crippen MR) is 151 cm³/mol. The van der Waals surface area contributed by atoms with Crippen LogP contribution >= 0.6 is 0 Å². The fraction of sp³-hybridized carbons (Fsp3) is 0.500. The van der Waals surface area contributed by atoms with Crippen LogP contribution in [0.1, 0.15) is 43.6 Å². The molecule has 0 unspecified atom stereocenters. The molecule has 0 aromatic heterocycles. The van der Waals surface area contributed by atoms with Crippen molar-refractivity contribution in [2.24, 2.45) is 5.92 Å². The number of nitrogens with one attached hydrogen (secondary N) is 2. The van der Waals surface area contributed by atoms with Crippen molar-refractivity contribution >= 4 is 27.6 Å². The number of anilines is 1. The summed E-state index contributed by atoms with van der Waals surface area (Å²) in [6.07, 6.45) is -0.340. The van der Waals surface area contributed by atoms with Crippen LogP contribution in [0.2, 0.25) is 0 Å². The lowest BCUT2D eigenvalue weighted by molar-refractivity contribution is 0.0165. The van der Waals surface area contributed by atoms with E-state index in [1.54, 1.807) is 43.3 Å². The Kier molecular flexibility index (Phi) is 9.84. The molecule has 2 aromatic rings. The van der Waals surface area contributed by atoms with Crippen molar-refractivity contribution in [1.82, 2.24) is 15.1 Å². The fourth-order valence-corrected chi connectivity index (χ4v) is 5.43. The van der Waals surface area contributed by atoms with E-state index in [4.69, 9.17) is 9.47 Å². The number of hydrogen-bond acceptors (Lipinski definition) is 6. The molecule has 1 aliphatic heterocycles. The van der Waals surface area contributed by atoms with E-state index in [1.165, 1.54) is 23.1 Å². The second-order valence-electron chi connectivity index (χ2n) is 10.5. The van der Waals surface area contributed by atoms with Crippen LogP contribution in [0, 0.1) is 12.8 Å². The van der Waals surface area contributed by atoms with Gasteiger partial charge < -0.3 is 24.6 Å². The Bertz CT molecular complexity index is 1270. The number of carbonyl (C=O) groups excluding carboxylic acids is 2. The second kappa shape index (κ2) is 12.7. The number of nitrogens with zero attached hydrogens (tertiary/aromatic N) is 2. The molecule has 3 atom stereocenters. The normalized spacial score (nSPS) is 20.9. The molecule has 3 rings (SSSR count). The van der Waals surface area contributed by atoms with Gasteiger partial charge in [-0.05, 0) is 58.0 Å². The second-order valence-corrected chi connectivity index (χ2v) is 12.2. The number of amides is 3. The van der Waals surface area contributed by atoms with Crippen LogP contribution in [0.25, 0.3) is 0 Å². The van der Waals surface area contributed by atoms with Gasteiger partial charge in [-0.15, -0.1) is 0 Å². The maximum Gasteiger partial charge on any atom is 0.317 e. The molecule has 2 N–H and O–H groups in total. The summed E-state index contributed by atoms with van der Waals surface area (Å²) in [5.41, 5.74) is 1.38. The van der Waals surface area contributed by atoms with Crippen molar-refractivity contribution < 1.29 is 27.5 Å². The van der Waals surface area contributed by atoms with Crippen LogP contribution in [0.15, 0.2) is 47.4 Å². The van der Waals surface area contributed by atoms with Gasteiger partial charge in [0.25, 0.3) is 15.9 Å². The summed E-state index contributed by atoms with van der Waals surface area (Å²) in [4.78, 5) is 30.0. The van der Waals surface area contributed by atoms with Crippen molar-refractivity contribution in [1.29, 1.82) is 0 Å². The molecule has 10 nitrogen and oxygen atoms in total. The highest BCUT2D eigenvalue weighted by Crippen LogP contribution is 2.28. The molecule has 0 spiro atoms. The summed E-state index contributed by atoms with van der Waals surface area (Å²) < 4.78 is 40.3. The van der Waals surface area contributed by atoms with E-state index in [9.17, 15) is 18.0 Å². The average Bonchev–Trinajstić information content (AvgIpc) is 2.87. The maximum absolute atomic E-state index is 13.6. The number of likely N-dealkylation sites (N-methyl/N-ethyl adjacent to an activating group) is 1. The summed E-state index contributed by atoms with van der Waals surface area (Å²) in [5, 5.41) is 2.95. The Hall–Kier alpha value is -3.31. The first-order valence-electron chi connectivity index (χ1n) is 13.0. The quantitative estimate of drug-likeness (QED) is 0.576. The van der Waals surface area contributed by atoms with Crippen LogP contribution in [0.5, 0.6) is 5.75 Å². The number of ether oxygens (including phenoxy) is 2. The molecule has 0 saturated heterocycles. The number of methoxy groups -OCH3 is 1. The highest BCUT2D eigenvalue weighted by atomic mass is 32.2. The zero-order valence-electron chi connectivity index (χ0n) is 23.7. The standard InChI is InChI=1S/C28H40N4O6S/c1-18(2)29-28(34)32-15-20(4)26(37-7)16-31(6)27(33)24-14-22(10-13-25(24)38-17-21(32)5)30-39(35,36)23-11-8-19(3)9-12-23/h8-14,18,20-21,26,30H,15-17H2,1-7H3,(H,29,34)/t20-,21-,26+/m0/s1. The number of rotatable bonds is 5. The first-order chi connectivity index (χ1) is 18.3. The minimum Gasteiger partial charge on any atom is -0.491 e. The van der Waals surface area contributed by atoms with Crippen molar-refractivity contribution in [3.8, 4) is 5.75 Å². The van der Waals surface area contributed by atoms with E-state index in [0.717, 1.165) is 5.56 Å². The van der Waals surface area contributed by atoms with Crippen LogP contribution in [0.4, 0.5) is 10.5 Å². The van der Waals surface area contributed by atoms with Gasteiger partial charge in [0.1, 0.15) is 12.4 Å². The summed E-state index contributed by atoms with van der Waals surface area (Å²) in [5.74, 6) is -0.126. The lowest BCUT2D eigenvalue weighted by atomic mass is 10.0. The third-order valence-electron chi connectivity index (χ3n) is 6.70. The van der Waals surface area contributed by atoms with Gasteiger partial charge in [0.15, 0.2) is 0 Å². The minimum absolute atomic E-state index is 0.0351. The molecular formula is C28H40N4O6S. The van der Waals surface area contributed by atoms with Gasteiger partial charge in [-0.2, -0.15) is 0 Å². The average molecular weight is 561 g/mol. The van der Waals surface area contributed by atoms with E-state index in [2.05, 4.69) is 10.0 Å². The Labute approximate surface area is 231 Å². The zero-order chi connectivity index (χ0) is 28.9. The van der Waals surface area contributed by atoms with E-state index in [1.807, 2.05) is 34.6 Å². The Balaban J connectivity index is 1.97. The van der Waals surface area contributed by atoms with E-state index in [-0.39, 0.29) is 65.3 Å². The summed E-state index contributed by atoms with van der Waals surface area (Å²) in [6.45, 7) is 10.4. The maximum atomic E-state index is 13.6. The van der Waals surface area contributed by atoms with Gasteiger partial charge in [-0.3, -0.25) is 9.52 Å². The first kappa shape index (κ1) is 30.2. The monoisotopic (exact) mass is 560 g/mol. The number of hydrogen-bond donors (Lipinski definition) is 2. The van der Waals surface area contributed by atoms with Crippen molar-refractivity contribution in [3.63, 3.8) is 0 Å². The van der Waals surface area contributed by atoms with E-state index in [0.29, 0.717) is 12.3 Å². The van der Waals surface area contributed by atoms with Crippen LogP contribution in [0.3, 0.4) is 0 Å². The highest BCUT2D eigenvalue weighted by molar-refractivity contribution is 7.92. The molecule has 0 radical (unpaired) electrons. The molecule has 39 heavy (non-hydrogen) atoms. The van der Waals surface area contributed by atoms with Crippen molar-refractivity contribution in [2.45, 2.75) is 57.7 Å². The summed E-state index contributed by atoms with van der Waals surface area (Å²) in [7, 11) is -0.626. The van der Waals surface area contributed by atoms with E-state index < -0.39 is 10.0 Å². The van der Waals surface area contributed by atoms with Crippen molar-refractivity contribution in [3.05, 3.63) is 53.6 Å². The van der Waals surface area contributed by atoms with Gasteiger partial charge in [0.05, 0.1) is 22.6 Å². The molecule has 2 aromatic carbocycles. The third kappa shape index (κ3) is 7.63. The number of urea groups is 1. The predicted octanol–water partition coefficient (Wildman–Crippen LogP) is 3.72.